The maximum absolute atomic E-state index is 5.20. The Morgan fingerprint density at radius 3 is 1.66 bits per heavy atom. The van der Waals surface area contributed by atoms with Gasteiger partial charge < -0.3 is 0 Å². The largest absolute Gasteiger partial charge is 0.228 e. The van der Waals surface area contributed by atoms with Crippen molar-refractivity contribution in [2.75, 3.05) is 0 Å². The molecule has 1 heterocycles. The molecule has 0 unspecified atom stereocenters. The van der Waals surface area contributed by atoms with Crippen molar-refractivity contribution in [1.29, 1.82) is 0 Å². The van der Waals surface area contributed by atoms with Gasteiger partial charge in [0.1, 0.15) is 0 Å². The van der Waals surface area contributed by atoms with Crippen LogP contribution in [0.15, 0.2) is 206 Å². The average Bonchev–Trinajstić information content (AvgIpc) is 3.53. The Bertz CT molecular complexity index is 3220. The lowest BCUT2D eigenvalue weighted by molar-refractivity contribution is 0.661. The Balaban J connectivity index is 1.08. The summed E-state index contributed by atoms with van der Waals surface area (Å²) in [5.74, 6) is 0.704. The van der Waals surface area contributed by atoms with E-state index in [9.17, 15) is 0 Å². The van der Waals surface area contributed by atoms with E-state index in [1.807, 2.05) is 18.2 Å². The maximum Gasteiger partial charge on any atom is 0.160 e. The van der Waals surface area contributed by atoms with Crippen LogP contribution < -0.4 is 0 Å². The fraction of sp³-hybridized carbons (Fsp3) is 0.0526. The summed E-state index contributed by atoms with van der Waals surface area (Å²) in [5, 5.41) is 5.01. The summed E-state index contributed by atoms with van der Waals surface area (Å²) in [5.41, 5.74) is 17.4. The van der Waals surface area contributed by atoms with Gasteiger partial charge in [-0.1, -0.05) is 202 Å². The van der Waals surface area contributed by atoms with Crippen molar-refractivity contribution >= 4 is 21.5 Å². The predicted octanol–water partition coefficient (Wildman–Crippen LogP) is 15.1. The van der Waals surface area contributed by atoms with Crippen LogP contribution in [0, 0.1) is 0 Å². The molecule has 0 saturated carbocycles. The van der Waals surface area contributed by atoms with E-state index in [2.05, 4.69) is 202 Å². The highest BCUT2D eigenvalue weighted by molar-refractivity contribution is 6.08. The molecular formula is C57H40N2. The normalized spacial score (nSPS) is 12.7. The topological polar surface area (TPSA) is 25.8 Å². The van der Waals surface area contributed by atoms with Gasteiger partial charge in [-0.25, -0.2) is 9.97 Å². The molecule has 11 rings (SSSR count). The smallest absolute Gasteiger partial charge is 0.160 e. The van der Waals surface area contributed by atoms with Crippen LogP contribution in [0.3, 0.4) is 0 Å². The second-order valence-electron chi connectivity index (χ2n) is 16.1. The minimum absolute atomic E-state index is 0.125. The monoisotopic (exact) mass is 752 g/mol. The third kappa shape index (κ3) is 5.87. The number of fused-ring (bicyclic) bond motifs is 5. The number of hydrogen-bond donors (Lipinski definition) is 0. The quantitative estimate of drug-likeness (QED) is 0.169. The summed E-state index contributed by atoms with van der Waals surface area (Å²) >= 11 is 0. The minimum Gasteiger partial charge on any atom is -0.228 e. The number of nitrogens with zero attached hydrogens (tertiary/aromatic N) is 2. The molecule has 278 valence electrons. The number of rotatable bonds is 6. The van der Waals surface area contributed by atoms with E-state index in [1.165, 1.54) is 66.1 Å². The van der Waals surface area contributed by atoms with Crippen LogP contribution in [0.5, 0.6) is 0 Å². The van der Waals surface area contributed by atoms with Crippen LogP contribution in [0.4, 0.5) is 0 Å². The zero-order chi connectivity index (χ0) is 39.5. The first kappa shape index (κ1) is 34.8. The zero-order valence-corrected chi connectivity index (χ0v) is 33.0. The van der Waals surface area contributed by atoms with E-state index in [1.54, 1.807) is 0 Å². The maximum atomic E-state index is 5.20. The Kier molecular flexibility index (Phi) is 8.20. The molecular weight excluding hydrogens is 713 g/mol. The second kappa shape index (κ2) is 13.9. The molecule has 0 radical (unpaired) electrons. The lowest BCUT2D eigenvalue weighted by Crippen LogP contribution is -2.14. The van der Waals surface area contributed by atoms with Crippen LogP contribution in [0.2, 0.25) is 0 Å². The molecule has 1 aliphatic rings. The van der Waals surface area contributed by atoms with Crippen molar-refractivity contribution in [2.24, 2.45) is 0 Å². The van der Waals surface area contributed by atoms with Gasteiger partial charge in [-0.05, 0) is 95.4 Å². The van der Waals surface area contributed by atoms with Crippen LogP contribution in [-0.2, 0) is 5.41 Å². The SMILES string of the molecule is CC1(C)c2cc3ccccc3cc2-c2c(-c3ccc4ccccc4c3-c3ccc(-c4cc(-c5ccccc5-c5ccccc5)nc(-c5ccccc5)n4)cc3)cccc21. The molecule has 0 amide bonds. The van der Waals surface area contributed by atoms with Gasteiger partial charge in [0.2, 0.25) is 0 Å². The van der Waals surface area contributed by atoms with Gasteiger partial charge >= 0.3 is 0 Å². The highest BCUT2D eigenvalue weighted by Gasteiger charge is 2.37. The molecule has 0 aliphatic heterocycles. The van der Waals surface area contributed by atoms with Crippen LogP contribution in [-0.4, -0.2) is 9.97 Å². The molecule has 1 aliphatic carbocycles. The fourth-order valence-corrected chi connectivity index (χ4v) is 9.34. The van der Waals surface area contributed by atoms with Gasteiger partial charge in [0, 0.05) is 22.1 Å². The van der Waals surface area contributed by atoms with Crippen LogP contribution in [0.25, 0.3) is 100.0 Å². The van der Waals surface area contributed by atoms with E-state index < -0.39 is 0 Å². The van der Waals surface area contributed by atoms with Crippen molar-refractivity contribution < 1.29 is 0 Å². The van der Waals surface area contributed by atoms with Gasteiger partial charge in [-0.15, -0.1) is 0 Å². The van der Waals surface area contributed by atoms with E-state index in [4.69, 9.17) is 9.97 Å². The molecule has 0 saturated heterocycles. The fourth-order valence-electron chi connectivity index (χ4n) is 9.34. The van der Waals surface area contributed by atoms with E-state index in [0.717, 1.165) is 39.2 Å². The third-order valence-electron chi connectivity index (χ3n) is 12.3. The van der Waals surface area contributed by atoms with Crippen LogP contribution in [0.1, 0.15) is 25.0 Å². The predicted molar refractivity (Wildman–Crippen MR) is 247 cm³/mol. The van der Waals surface area contributed by atoms with Gasteiger partial charge in [0.15, 0.2) is 5.82 Å². The van der Waals surface area contributed by atoms with E-state index in [-0.39, 0.29) is 5.41 Å². The first-order valence-corrected chi connectivity index (χ1v) is 20.4. The van der Waals surface area contributed by atoms with Gasteiger partial charge in [-0.2, -0.15) is 0 Å². The lowest BCUT2D eigenvalue weighted by atomic mass is 9.81. The first-order chi connectivity index (χ1) is 29.0. The molecule has 0 fully saturated rings. The number of aromatic nitrogens is 2. The number of hydrogen-bond acceptors (Lipinski definition) is 2. The Morgan fingerprint density at radius 1 is 0.322 bits per heavy atom. The Labute approximate surface area is 345 Å². The van der Waals surface area contributed by atoms with Crippen molar-refractivity contribution in [3.8, 4) is 78.4 Å². The molecule has 0 N–H and O–H groups in total. The van der Waals surface area contributed by atoms with Crippen LogP contribution >= 0.6 is 0 Å². The molecule has 59 heavy (non-hydrogen) atoms. The summed E-state index contributed by atoms with van der Waals surface area (Å²) in [6.45, 7) is 4.75. The van der Waals surface area contributed by atoms with Crippen molar-refractivity contribution in [1.82, 2.24) is 9.97 Å². The first-order valence-electron chi connectivity index (χ1n) is 20.4. The summed E-state index contributed by atoms with van der Waals surface area (Å²) in [6.07, 6.45) is 0. The van der Waals surface area contributed by atoms with E-state index >= 15 is 0 Å². The molecule has 2 heteroatoms. The molecule has 0 atom stereocenters. The third-order valence-corrected chi connectivity index (χ3v) is 12.3. The Morgan fingerprint density at radius 2 is 0.898 bits per heavy atom. The summed E-state index contributed by atoms with van der Waals surface area (Å²) in [6, 6.07) is 74.4. The Hall–Kier alpha value is -7.42. The summed E-state index contributed by atoms with van der Waals surface area (Å²) < 4.78 is 0. The molecule has 0 spiro atoms. The van der Waals surface area contributed by atoms with Gasteiger partial charge in [0.05, 0.1) is 11.4 Å². The van der Waals surface area contributed by atoms with Crippen molar-refractivity contribution in [3.05, 3.63) is 217 Å². The minimum atomic E-state index is -0.125. The molecule has 2 nitrogen and oxygen atoms in total. The summed E-state index contributed by atoms with van der Waals surface area (Å²) in [4.78, 5) is 10.4. The van der Waals surface area contributed by atoms with Gasteiger partial charge in [-0.3, -0.25) is 0 Å². The highest BCUT2D eigenvalue weighted by Crippen LogP contribution is 2.54. The number of benzene rings is 9. The molecule has 9 aromatic carbocycles. The van der Waals surface area contributed by atoms with Crippen molar-refractivity contribution in [3.63, 3.8) is 0 Å². The van der Waals surface area contributed by atoms with E-state index in [0.29, 0.717) is 5.82 Å². The van der Waals surface area contributed by atoms with Gasteiger partial charge in [0.25, 0.3) is 0 Å². The highest BCUT2D eigenvalue weighted by atomic mass is 14.9. The molecule has 0 bridgehead atoms. The average molecular weight is 753 g/mol. The standard InChI is InChI=1S/C57H40N2/c1-57(2)50-27-15-26-47(55(50)49-34-42-21-9-10-22-43(42)35-51(49)57)48-33-32-38-18-11-12-24-45(38)54(48)40-30-28-39(29-31-40)52-36-53(59-56(58-52)41-19-7-4-8-20-41)46-25-14-13-23-44(46)37-16-5-3-6-17-37/h3-36H,1-2H3. The van der Waals surface area contributed by atoms with Crippen molar-refractivity contribution in [2.45, 2.75) is 19.3 Å². The zero-order valence-electron chi connectivity index (χ0n) is 33.0. The molecule has 1 aromatic heterocycles. The lowest BCUT2D eigenvalue weighted by Gasteiger charge is -2.22. The second-order valence-corrected chi connectivity index (χ2v) is 16.1. The molecule has 10 aromatic rings. The summed E-state index contributed by atoms with van der Waals surface area (Å²) in [7, 11) is 0.